The number of amides is 1. The average Bonchev–Trinajstić information content (AvgIpc) is 3.09. The quantitative estimate of drug-likeness (QED) is 0.300. The van der Waals surface area contributed by atoms with Gasteiger partial charge in [-0.3, -0.25) is 9.59 Å². The summed E-state index contributed by atoms with van der Waals surface area (Å²) in [6.07, 6.45) is -2.63. The third kappa shape index (κ3) is 4.39. The fraction of sp³-hybridized carbons (Fsp3) is 0.154. The second kappa shape index (κ2) is 9.43. The maximum Gasteiger partial charge on any atom is 0.295 e. The Bertz CT molecular complexity index is 1240. The Morgan fingerprint density at radius 3 is 2.15 bits per heavy atom. The number of aliphatic hydroxyl groups excluding tert-OH is 1. The molecule has 0 radical (unpaired) electrons. The maximum absolute atomic E-state index is 13.6. The molecule has 4 rings (SSSR count). The first-order chi connectivity index (χ1) is 16.3. The third-order valence-electron chi connectivity index (χ3n) is 5.67. The summed E-state index contributed by atoms with van der Waals surface area (Å²) in [6.45, 7) is -0.0739. The van der Waals surface area contributed by atoms with Crippen molar-refractivity contribution in [2.45, 2.75) is 19.0 Å². The summed E-state index contributed by atoms with van der Waals surface area (Å²) in [4.78, 5) is 27.3. The van der Waals surface area contributed by atoms with Crippen LogP contribution in [0.5, 0.6) is 5.75 Å². The van der Waals surface area contributed by atoms with Gasteiger partial charge in [-0.05, 0) is 47.5 Å². The summed E-state index contributed by atoms with van der Waals surface area (Å²) in [7, 11) is 1.49. The lowest BCUT2D eigenvalue weighted by Crippen LogP contribution is -2.29. The van der Waals surface area contributed by atoms with Gasteiger partial charge >= 0.3 is 0 Å². The minimum absolute atomic E-state index is 0.0739. The van der Waals surface area contributed by atoms with Gasteiger partial charge in [0.15, 0.2) is 0 Å². The van der Waals surface area contributed by atoms with E-state index in [1.54, 1.807) is 24.3 Å². The number of hydrogen-bond acceptors (Lipinski definition) is 4. The molecular formula is C26H20F3NO4. The van der Waals surface area contributed by atoms with Gasteiger partial charge in [0.2, 0.25) is 0 Å². The lowest BCUT2D eigenvalue weighted by molar-refractivity contribution is -0.140. The fourth-order valence-electron chi connectivity index (χ4n) is 3.90. The fourth-order valence-corrected chi connectivity index (χ4v) is 3.90. The van der Waals surface area contributed by atoms with Crippen molar-refractivity contribution in [3.8, 4) is 5.75 Å². The number of Topliss-reactive ketones (excluding diaryl/α,β-unsaturated/α-hetero) is 1. The molecule has 3 aromatic rings. The van der Waals surface area contributed by atoms with Crippen molar-refractivity contribution in [1.29, 1.82) is 0 Å². The van der Waals surface area contributed by atoms with Crippen molar-refractivity contribution in [3.05, 3.63) is 106 Å². The van der Waals surface area contributed by atoms with E-state index >= 15 is 0 Å². The molecule has 5 nitrogen and oxygen atoms in total. The van der Waals surface area contributed by atoms with Crippen molar-refractivity contribution in [3.63, 3.8) is 0 Å². The smallest absolute Gasteiger partial charge is 0.295 e. The number of benzene rings is 3. The number of carbonyl (C=O) groups excluding carboxylic acids is 2. The maximum atomic E-state index is 13.6. The van der Waals surface area contributed by atoms with Gasteiger partial charge in [0, 0.05) is 17.7 Å². The summed E-state index contributed by atoms with van der Waals surface area (Å²) in [5.74, 6) is -2.10. The van der Waals surface area contributed by atoms with Gasteiger partial charge in [-0.2, -0.15) is 0 Å². The Morgan fingerprint density at radius 2 is 1.59 bits per heavy atom. The molecule has 34 heavy (non-hydrogen) atoms. The lowest BCUT2D eigenvalue weighted by Gasteiger charge is -2.25. The summed E-state index contributed by atoms with van der Waals surface area (Å²) in [5, 5.41) is 11.0. The molecule has 0 bridgehead atoms. The SMILES string of the molecule is COc1ccc(/C(O)=C2/C(=O)C(=O)N(Cc3ccc(C(F)F)cc3)C2c2ccc(F)cc2)cc1. The van der Waals surface area contributed by atoms with Gasteiger partial charge in [0.25, 0.3) is 18.1 Å². The largest absolute Gasteiger partial charge is 0.507 e. The monoisotopic (exact) mass is 467 g/mol. The van der Waals surface area contributed by atoms with E-state index in [0.29, 0.717) is 22.4 Å². The van der Waals surface area contributed by atoms with Crippen molar-refractivity contribution < 1.29 is 32.6 Å². The number of rotatable bonds is 6. The normalized spacial score (nSPS) is 17.4. The molecule has 1 N–H and O–H groups in total. The van der Waals surface area contributed by atoms with Crippen LogP contribution in [0.4, 0.5) is 13.2 Å². The molecule has 0 saturated carbocycles. The van der Waals surface area contributed by atoms with E-state index < -0.39 is 30.0 Å². The third-order valence-corrected chi connectivity index (χ3v) is 5.67. The zero-order valence-electron chi connectivity index (χ0n) is 18.0. The Labute approximate surface area is 193 Å². The molecular weight excluding hydrogens is 447 g/mol. The first-order valence-corrected chi connectivity index (χ1v) is 10.4. The molecule has 8 heteroatoms. The summed E-state index contributed by atoms with van der Waals surface area (Å²) in [5.41, 5.74) is 0.918. The minimum atomic E-state index is -2.63. The Hall–Kier alpha value is -4.07. The van der Waals surface area contributed by atoms with Crippen LogP contribution in [0.3, 0.4) is 0 Å². The number of aliphatic hydroxyl groups is 1. The molecule has 1 heterocycles. The van der Waals surface area contributed by atoms with Crippen molar-refractivity contribution in [1.82, 2.24) is 4.90 Å². The molecule has 1 amide bonds. The lowest BCUT2D eigenvalue weighted by atomic mass is 9.95. The summed E-state index contributed by atoms with van der Waals surface area (Å²) < 4.78 is 44.5. The molecule has 0 aromatic heterocycles. The number of ketones is 1. The standard InChI is InChI=1S/C26H20F3NO4/c1-34-20-12-8-17(9-13-20)23(31)21-22(16-6-10-19(27)11-7-16)30(26(33)24(21)32)14-15-2-4-18(5-3-15)25(28)29/h2-13,22,25,31H,14H2,1H3/b23-21-. The van der Waals surface area contributed by atoms with Gasteiger partial charge in [-0.15, -0.1) is 0 Å². The first-order valence-electron chi connectivity index (χ1n) is 10.4. The van der Waals surface area contributed by atoms with Crippen LogP contribution in [-0.4, -0.2) is 28.8 Å². The van der Waals surface area contributed by atoms with Crippen LogP contribution in [-0.2, 0) is 16.1 Å². The molecule has 3 aromatic carbocycles. The molecule has 1 aliphatic heterocycles. The number of methoxy groups -OCH3 is 1. The number of halogens is 3. The molecule has 0 aliphatic carbocycles. The van der Waals surface area contributed by atoms with Gasteiger partial charge in [-0.25, -0.2) is 13.2 Å². The first kappa shape index (κ1) is 23.1. The Balaban J connectivity index is 1.79. The topological polar surface area (TPSA) is 66.8 Å². The number of likely N-dealkylation sites (tertiary alicyclic amines) is 1. The highest BCUT2D eigenvalue weighted by molar-refractivity contribution is 6.46. The predicted octanol–water partition coefficient (Wildman–Crippen LogP) is 5.39. The van der Waals surface area contributed by atoms with Crippen LogP contribution >= 0.6 is 0 Å². The molecule has 1 aliphatic rings. The van der Waals surface area contributed by atoms with Crippen LogP contribution in [0.1, 0.15) is 34.7 Å². The summed E-state index contributed by atoms with van der Waals surface area (Å²) >= 11 is 0. The van der Waals surface area contributed by atoms with E-state index in [1.165, 1.54) is 60.5 Å². The number of carbonyl (C=O) groups is 2. The number of hydrogen-bond donors (Lipinski definition) is 1. The molecule has 1 atom stereocenters. The molecule has 1 unspecified atom stereocenters. The number of nitrogens with zero attached hydrogens (tertiary/aromatic N) is 1. The molecule has 1 fully saturated rings. The van der Waals surface area contributed by atoms with E-state index in [2.05, 4.69) is 0 Å². The van der Waals surface area contributed by atoms with Gasteiger partial charge in [-0.1, -0.05) is 36.4 Å². The van der Waals surface area contributed by atoms with Crippen LogP contribution in [0, 0.1) is 5.82 Å². The van der Waals surface area contributed by atoms with E-state index in [1.807, 2.05) is 0 Å². The van der Waals surface area contributed by atoms with Crippen LogP contribution in [0.25, 0.3) is 5.76 Å². The minimum Gasteiger partial charge on any atom is -0.507 e. The van der Waals surface area contributed by atoms with E-state index in [-0.39, 0.29) is 23.4 Å². The highest BCUT2D eigenvalue weighted by atomic mass is 19.3. The zero-order chi connectivity index (χ0) is 24.4. The van der Waals surface area contributed by atoms with Gasteiger partial charge in [0.1, 0.15) is 17.3 Å². The molecule has 1 saturated heterocycles. The highest BCUT2D eigenvalue weighted by Crippen LogP contribution is 2.40. The van der Waals surface area contributed by atoms with Crippen LogP contribution < -0.4 is 4.74 Å². The Morgan fingerprint density at radius 1 is 0.971 bits per heavy atom. The van der Waals surface area contributed by atoms with E-state index in [0.717, 1.165) is 0 Å². The Kier molecular flexibility index (Phi) is 6.40. The van der Waals surface area contributed by atoms with E-state index in [9.17, 15) is 27.9 Å². The van der Waals surface area contributed by atoms with Crippen molar-refractivity contribution in [2.75, 3.05) is 7.11 Å². The van der Waals surface area contributed by atoms with Crippen LogP contribution in [0.2, 0.25) is 0 Å². The second-order valence-corrected chi connectivity index (χ2v) is 7.75. The van der Waals surface area contributed by atoms with E-state index in [4.69, 9.17) is 4.74 Å². The summed E-state index contributed by atoms with van der Waals surface area (Å²) in [6, 6.07) is 15.9. The van der Waals surface area contributed by atoms with Crippen LogP contribution in [0.15, 0.2) is 78.4 Å². The number of alkyl halides is 2. The van der Waals surface area contributed by atoms with Gasteiger partial charge in [0.05, 0.1) is 18.7 Å². The predicted molar refractivity (Wildman–Crippen MR) is 119 cm³/mol. The second-order valence-electron chi connectivity index (χ2n) is 7.75. The average molecular weight is 467 g/mol. The van der Waals surface area contributed by atoms with Crippen molar-refractivity contribution in [2.24, 2.45) is 0 Å². The molecule has 0 spiro atoms. The zero-order valence-corrected chi connectivity index (χ0v) is 18.0. The number of ether oxygens (including phenoxy) is 1. The van der Waals surface area contributed by atoms with Gasteiger partial charge < -0.3 is 14.7 Å². The van der Waals surface area contributed by atoms with Crippen molar-refractivity contribution >= 4 is 17.4 Å². The highest BCUT2D eigenvalue weighted by Gasteiger charge is 2.46. The molecule has 174 valence electrons.